The number of methoxy groups -OCH3 is 1. The Labute approximate surface area is 141 Å². The fourth-order valence-corrected chi connectivity index (χ4v) is 2.89. The predicted octanol–water partition coefficient (Wildman–Crippen LogP) is 3.00. The highest BCUT2D eigenvalue weighted by molar-refractivity contribution is 6.03. The van der Waals surface area contributed by atoms with Gasteiger partial charge in [-0.05, 0) is 36.8 Å². The average Bonchev–Trinajstić information content (AvgIpc) is 2.98. The van der Waals surface area contributed by atoms with Crippen LogP contribution in [0, 0.1) is 12.8 Å². The lowest BCUT2D eigenvalue weighted by atomic mass is 10.1. The van der Waals surface area contributed by atoms with Crippen LogP contribution in [0.15, 0.2) is 48.5 Å². The molecule has 1 aliphatic rings. The zero-order chi connectivity index (χ0) is 17.1. The van der Waals surface area contributed by atoms with Crippen molar-refractivity contribution in [3.8, 4) is 5.75 Å². The third-order valence-electron chi connectivity index (χ3n) is 4.18. The Bertz CT molecular complexity index is 758. The van der Waals surface area contributed by atoms with Crippen LogP contribution in [-0.4, -0.2) is 25.5 Å². The van der Waals surface area contributed by atoms with Crippen LogP contribution in [0.1, 0.15) is 12.0 Å². The maximum absolute atomic E-state index is 12.6. The highest BCUT2D eigenvalue weighted by atomic mass is 16.5. The van der Waals surface area contributed by atoms with Crippen LogP contribution in [0.25, 0.3) is 0 Å². The van der Waals surface area contributed by atoms with E-state index >= 15 is 0 Å². The molecule has 0 bridgehead atoms. The first kappa shape index (κ1) is 16.1. The first-order chi connectivity index (χ1) is 11.6. The second-order valence-corrected chi connectivity index (χ2v) is 5.93. The lowest BCUT2D eigenvalue weighted by Crippen LogP contribution is -2.28. The molecule has 5 nitrogen and oxygen atoms in total. The molecule has 0 aliphatic carbocycles. The molecule has 1 aliphatic heterocycles. The smallest absolute Gasteiger partial charge is 0.229 e. The van der Waals surface area contributed by atoms with Crippen LogP contribution in [0.2, 0.25) is 0 Å². The van der Waals surface area contributed by atoms with Crippen LogP contribution < -0.4 is 15.0 Å². The Morgan fingerprint density at radius 1 is 1.21 bits per heavy atom. The Morgan fingerprint density at radius 3 is 2.67 bits per heavy atom. The molecule has 1 unspecified atom stereocenters. The number of nitrogens with zero attached hydrogens (tertiary/aromatic N) is 1. The van der Waals surface area contributed by atoms with E-state index in [2.05, 4.69) is 5.32 Å². The summed E-state index contributed by atoms with van der Waals surface area (Å²) in [5, 5.41) is 2.89. The first-order valence-corrected chi connectivity index (χ1v) is 7.89. The summed E-state index contributed by atoms with van der Waals surface area (Å²) in [7, 11) is 1.57. The van der Waals surface area contributed by atoms with E-state index in [4.69, 9.17) is 4.74 Å². The van der Waals surface area contributed by atoms with Crippen molar-refractivity contribution in [3.05, 3.63) is 54.1 Å². The van der Waals surface area contributed by atoms with Crippen molar-refractivity contribution in [2.45, 2.75) is 13.3 Å². The van der Waals surface area contributed by atoms with E-state index in [1.54, 1.807) is 12.0 Å². The largest absolute Gasteiger partial charge is 0.495 e. The summed E-state index contributed by atoms with van der Waals surface area (Å²) in [4.78, 5) is 26.5. The molecular formula is C19H20N2O3. The molecule has 1 heterocycles. The van der Waals surface area contributed by atoms with Gasteiger partial charge in [-0.1, -0.05) is 24.3 Å². The van der Waals surface area contributed by atoms with Gasteiger partial charge in [-0.15, -0.1) is 0 Å². The van der Waals surface area contributed by atoms with Crippen molar-refractivity contribution < 1.29 is 14.3 Å². The minimum atomic E-state index is -0.372. The zero-order valence-corrected chi connectivity index (χ0v) is 13.8. The molecule has 0 aromatic heterocycles. The summed E-state index contributed by atoms with van der Waals surface area (Å²) in [5.41, 5.74) is 2.48. The molecule has 2 aromatic carbocycles. The van der Waals surface area contributed by atoms with E-state index in [9.17, 15) is 9.59 Å². The SMILES string of the molecule is COc1ccc(C)cc1NC(=O)C1CC(=O)N(c2ccccc2)C1. The van der Waals surface area contributed by atoms with Crippen molar-refractivity contribution in [2.75, 3.05) is 23.9 Å². The summed E-state index contributed by atoms with van der Waals surface area (Å²) in [6.07, 6.45) is 0.217. The molecule has 0 saturated carbocycles. The molecule has 1 atom stereocenters. The molecule has 0 radical (unpaired) electrons. The quantitative estimate of drug-likeness (QED) is 0.940. The molecule has 1 fully saturated rings. The molecule has 0 spiro atoms. The summed E-state index contributed by atoms with van der Waals surface area (Å²) >= 11 is 0. The van der Waals surface area contributed by atoms with Crippen LogP contribution in [-0.2, 0) is 9.59 Å². The second-order valence-electron chi connectivity index (χ2n) is 5.93. The number of anilines is 2. The van der Waals surface area contributed by atoms with Crippen molar-refractivity contribution >= 4 is 23.2 Å². The van der Waals surface area contributed by atoms with Crippen LogP contribution >= 0.6 is 0 Å². The van der Waals surface area contributed by atoms with E-state index < -0.39 is 0 Å². The third-order valence-corrected chi connectivity index (χ3v) is 4.18. The Hall–Kier alpha value is -2.82. The van der Waals surface area contributed by atoms with Crippen LogP contribution in [0.5, 0.6) is 5.75 Å². The standard InChI is InChI=1S/C19H20N2O3/c1-13-8-9-17(24-2)16(10-13)20-19(23)14-11-18(22)21(12-14)15-6-4-3-5-7-15/h3-10,14H,11-12H2,1-2H3,(H,20,23). The number of para-hydroxylation sites is 1. The molecule has 1 N–H and O–H groups in total. The fraction of sp³-hybridized carbons (Fsp3) is 0.263. The van der Waals surface area contributed by atoms with Gasteiger partial charge in [0.05, 0.1) is 18.7 Å². The highest BCUT2D eigenvalue weighted by Gasteiger charge is 2.35. The van der Waals surface area contributed by atoms with E-state index in [0.717, 1.165) is 11.3 Å². The predicted molar refractivity (Wildman–Crippen MR) is 93.3 cm³/mol. The monoisotopic (exact) mass is 324 g/mol. The molecule has 2 amide bonds. The summed E-state index contributed by atoms with van der Waals surface area (Å²) in [6, 6.07) is 15.0. The van der Waals surface area contributed by atoms with Crippen LogP contribution in [0.4, 0.5) is 11.4 Å². The van der Waals surface area contributed by atoms with Gasteiger partial charge in [-0.3, -0.25) is 9.59 Å². The number of ether oxygens (including phenoxy) is 1. The van der Waals surface area contributed by atoms with Crippen molar-refractivity contribution in [1.29, 1.82) is 0 Å². The van der Waals surface area contributed by atoms with E-state index in [0.29, 0.717) is 18.0 Å². The molecule has 1 saturated heterocycles. The van der Waals surface area contributed by atoms with Gasteiger partial charge in [0.1, 0.15) is 5.75 Å². The summed E-state index contributed by atoms with van der Waals surface area (Å²) < 4.78 is 5.28. The van der Waals surface area contributed by atoms with E-state index in [-0.39, 0.29) is 24.2 Å². The fourth-order valence-electron chi connectivity index (χ4n) is 2.89. The molecule has 3 rings (SSSR count). The van der Waals surface area contributed by atoms with Crippen LogP contribution in [0.3, 0.4) is 0 Å². The number of carbonyl (C=O) groups is 2. The first-order valence-electron chi connectivity index (χ1n) is 7.89. The molecule has 2 aromatic rings. The van der Waals surface area contributed by atoms with Gasteiger partial charge < -0.3 is 15.0 Å². The van der Waals surface area contributed by atoms with Gasteiger partial charge >= 0.3 is 0 Å². The number of amides is 2. The number of carbonyl (C=O) groups excluding carboxylic acids is 2. The minimum absolute atomic E-state index is 0.0300. The highest BCUT2D eigenvalue weighted by Crippen LogP contribution is 2.29. The van der Waals surface area contributed by atoms with Crippen molar-refractivity contribution in [2.24, 2.45) is 5.92 Å². The number of hydrogen-bond acceptors (Lipinski definition) is 3. The number of hydrogen-bond donors (Lipinski definition) is 1. The van der Waals surface area contributed by atoms with Gasteiger partial charge in [-0.2, -0.15) is 0 Å². The summed E-state index contributed by atoms with van der Waals surface area (Å²) in [6.45, 7) is 2.34. The van der Waals surface area contributed by atoms with E-state index in [1.165, 1.54) is 0 Å². The van der Waals surface area contributed by atoms with E-state index in [1.807, 2.05) is 55.5 Å². The van der Waals surface area contributed by atoms with Gasteiger partial charge in [-0.25, -0.2) is 0 Å². The van der Waals surface area contributed by atoms with Gasteiger partial charge in [0.15, 0.2) is 0 Å². The van der Waals surface area contributed by atoms with Gasteiger partial charge in [0.25, 0.3) is 0 Å². The maximum atomic E-state index is 12.6. The Kier molecular flexibility index (Phi) is 4.51. The molecule has 5 heteroatoms. The number of nitrogens with one attached hydrogen (secondary N) is 1. The van der Waals surface area contributed by atoms with Gasteiger partial charge in [0.2, 0.25) is 11.8 Å². The molecule has 124 valence electrons. The Morgan fingerprint density at radius 2 is 1.96 bits per heavy atom. The second kappa shape index (κ2) is 6.74. The number of aryl methyl sites for hydroxylation is 1. The molecular weight excluding hydrogens is 304 g/mol. The summed E-state index contributed by atoms with van der Waals surface area (Å²) in [5.74, 6) is 0.0457. The Balaban J connectivity index is 1.73. The normalized spacial score (nSPS) is 17.0. The minimum Gasteiger partial charge on any atom is -0.495 e. The zero-order valence-electron chi connectivity index (χ0n) is 13.8. The maximum Gasteiger partial charge on any atom is 0.229 e. The third kappa shape index (κ3) is 3.25. The van der Waals surface area contributed by atoms with Gasteiger partial charge in [0, 0.05) is 18.7 Å². The average molecular weight is 324 g/mol. The number of rotatable bonds is 4. The number of benzene rings is 2. The van der Waals surface area contributed by atoms with Crippen molar-refractivity contribution in [1.82, 2.24) is 0 Å². The lowest BCUT2D eigenvalue weighted by Gasteiger charge is -2.17. The molecule has 24 heavy (non-hydrogen) atoms. The van der Waals surface area contributed by atoms with Crippen molar-refractivity contribution in [3.63, 3.8) is 0 Å². The lowest BCUT2D eigenvalue weighted by molar-refractivity contribution is -0.122. The topological polar surface area (TPSA) is 58.6 Å².